The van der Waals surface area contributed by atoms with Crippen molar-refractivity contribution in [3.8, 4) is 0 Å². The van der Waals surface area contributed by atoms with Gasteiger partial charge in [0.25, 0.3) is 0 Å². The molecule has 0 saturated carbocycles. The lowest BCUT2D eigenvalue weighted by molar-refractivity contribution is 0.319. The lowest BCUT2D eigenvalue weighted by Gasteiger charge is -2.16. The van der Waals surface area contributed by atoms with Crippen LogP contribution in [0.2, 0.25) is 0 Å². The molecular weight excluding hydrogens is 384 g/mol. The van der Waals surface area contributed by atoms with Gasteiger partial charge in [-0.1, -0.05) is 0 Å². The number of benzene rings is 1. The van der Waals surface area contributed by atoms with Crippen LogP contribution in [0.3, 0.4) is 0 Å². The molecule has 8 nitrogen and oxygen atoms in total. The van der Waals surface area contributed by atoms with Gasteiger partial charge in [0.1, 0.15) is 26.4 Å². The molecule has 0 amide bonds. The van der Waals surface area contributed by atoms with Crippen LogP contribution in [0.4, 0.5) is 0 Å². The zero-order valence-corrected chi connectivity index (χ0v) is 17.7. The fourth-order valence-corrected chi connectivity index (χ4v) is 3.79. The van der Waals surface area contributed by atoms with Gasteiger partial charge in [-0.15, -0.1) is 0 Å². The summed E-state index contributed by atoms with van der Waals surface area (Å²) in [4.78, 5) is 18.7. The van der Waals surface area contributed by atoms with Crippen molar-refractivity contribution in [3.05, 3.63) is 34.4 Å². The Hall–Kier alpha value is -2.90. The second-order valence-electron chi connectivity index (χ2n) is 8.32. The van der Waals surface area contributed by atoms with E-state index in [1.165, 1.54) is 0 Å². The topological polar surface area (TPSA) is 86.4 Å². The summed E-state index contributed by atoms with van der Waals surface area (Å²) in [5.74, 6) is 2.35. The highest BCUT2D eigenvalue weighted by atomic mass is 16.5. The second kappa shape index (κ2) is 7.41. The maximum Gasteiger partial charge on any atom is 0.217 e. The van der Waals surface area contributed by atoms with Gasteiger partial charge in [-0.2, -0.15) is 0 Å². The van der Waals surface area contributed by atoms with Gasteiger partial charge in [-0.05, 0) is 39.8 Å². The maximum atomic E-state index is 5.90. The molecule has 8 heteroatoms. The molecule has 4 unspecified atom stereocenters. The van der Waals surface area contributed by atoms with Crippen LogP contribution in [0.1, 0.15) is 49.9 Å². The predicted molar refractivity (Wildman–Crippen MR) is 114 cm³/mol. The molecule has 0 N–H and O–H groups in total. The van der Waals surface area contributed by atoms with E-state index >= 15 is 0 Å². The molecule has 4 aliphatic rings. The SMILES string of the molecule is CC1COC(c2cc(C3=NC(C)CO3)c(C3=NC(C)CO3)cc2C2=NC(C)CO2)=N1. The first kappa shape index (κ1) is 19.1. The molecule has 30 heavy (non-hydrogen) atoms. The third-order valence-corrected chi connectivity index (χ3v) is 5.27. The number of hydrogen-bond donors (Lipinski definition) is 0. The van der Waals surface area contributed by atoms with Gasteiger partial charge >= 0.3 is 0 Å². The highest BCUT2D eigenvalue weighted by molar-refractivity contribution is 6.14. The van der Waals surface area contributed by atoms with Crippen LogP contribution >= 0.6 is 0 Å². The van der Waals surface area contributed by atoms with E-state index in [2.05, 4.69) is 20.0 Å². The Balaban J connectivity index is 1.71. The molecule has 0 spiro atoms. The quantitative estimate of drug-likeness (QED) is 0.762. The van der Waals surface area contributed by atoms with Crippen LogP contribution in [0.5, 0.6) is 0 Å². The van der Waals surface area contributed by atoms with Crippen LogP contribution in [0.25, 0.3) is 0 Å². The molecule has 0 aliphatic carbocycles. The molecule has 0 fully saturated rings. The van der Waals surface area contributed by atoms with Crippen molar-refractivity contribution in [3.63, 3.8) is 0 Å². The molecule has 0 aromatic heterocycles. The first-order valence-corrected chi connectivity index (χ1v) is 10.5. The summed E-state index contributed by atoms with van der Waals surface area (Å²) in [5.41, 5.74) is 3.29. The molecule has 4 heterocycles. The Morgan fingerprint density at radius 1 is 0.500 bits per heavy atom. The number of aliphatic imine (C=N–C) groups is 4. The highest BCUT2D eigenvalue weighted by Crippen LogP contribution is 2.28. The van der Waals surface area contributed by atoms with Gasteiger partial charge in [0.05, 0.1) is 24.2 Å². The van der Waals surface area contributed by atoms with Crippen molar-refractivity contribution < 1.29 is 18.9 Å². The van der Waals surface area contributed by atoms with Crippen LogP contribution in [0, 0.1) is 0 Å². The van der Waals surface area contributed by atoms with Crippen molar-refractivity contribution in [1.82, 2.24) is 0 Å². The highest BCUT2D eigenvalue weighted by Gasteiger charge is 2.31. The summed E-state index contributed by atoms with van der Waals surface area (Å²) in [5, 5.41) is 0. The number of rotatable bonds is 4. The molecule has 158 valence electrons. The van der Waals surface area contributed by atoms with E-state index in [-0.39, 0.29) is 24.2 Å². The van der Waals surface area contributed by atoms with E-state index in [0.29, 0.717) is 50.0 Å². The summed E-state index contributed by atoms with van der Waals surface area (Å²) in [6.07, 6.45) is 0. The zero-order chi connectivity index (χ0) is 20.8. The molecule has 5 rings (SSSR count). The normalized spacial score (nSPS) is 30.0. The molecule has 1 aromatic rings. The summed E-state index contributed by atoms with van der Waals surface area (Å²) in [6, 6.07) is 4.41. The van der Waals surface area contributed by atoms with Gasteiger partial charge in [0.15, 0.2) is 0 Å². The first-order valence-electron chi connectivity index (χ1n) is 10.5. The molecule has 4 atom stereocenters. The van der Waals surface area contributed by atoms with Crippen molar-refractivity contribution >= 4 is 23.6 Å². The van der Waals surface area contributed by atoms with Crippen molar-refractivity contribution in [2.24, 2.45) is 20.0 Å². The maximum absolute atomic E-state index is 5.90. The van der Waals surface area contributed by atoms with Crippen molar-refractivity contribution in [2.75, 3.05) is 26.4 Å². The first-order chi connectivity index (χ1) is 14.5. The van der Waals surface area contributed by atoms with E-state index in [1.807, 2.05) is 39.8 Å². The van der Waals surface area contributed by atoms with E-state index in [0.717, 1.165) is 22.3 Å². The average molecular weight is 410 g/mol. The molecule has 4 aliphatic heterocycles. The van der Waals surface area contributed by atoms with Gasteiger partial charge in [0.2, 0.25) is 23.6 Å². The lowest BCUT2D eigenvalue weighted by atomic mass is 9.97. The monoisotopic (exact) mass is 410 g/mol. The Labute approximate surface area is 175 Å². The van der Waals surface area contributed by atoms with E-state index in [1.54, 1.807) is 0 Å². The minimum atomic E-state index is 0.102. The molecule has 0 bridgehead atoms. The van der Waals surface area contributed by atoms with E-state index in [9.17, 15) is 0 Å². The van der Waals surface area contributed by atoms with Crippen LogP contribution in [-0.2, 0) is 18.9 Å². The third kappa shape index (κ3) is 3.44. The number of hydrogen-bond acceptors (Lipinski definition) is 8. The van der Waals surface area contributed by atoms with Crippen LogP contribution in [-0.4, -0.2) is 74.2 Å². The number of nitrogens with zero attached hydrogens (tertiary/aromatic N) is 4. The fraction of sp³-hybridized carbons (Fsp3) is 0.545. The zero-order valence-electron chi connectivity index (χ0n) is 17.7. The van der Waals surface area contributed by atoms with Gasteiger partial charge in [0, 0.05) is 22.3 Å². The number of ether oxygens (including phenoxy) is 4. The Morgan fingerprint density at radius 2 is 0.733 bits per heavy atom. The largest absolute Gasteiger partial charge is 0.475 e. The molecule has 0 radical (unpaired) electrons. The van der Waals surface area contributed by atoms with Gasteiger partial charge < -0.3 is 18.9 Å². The Kier molecular flexibility index (Phi) is 4.72. The van der Waals surface area contributed by atoms with Gasteiger partial charge in [-0.25, -0.2) is 20.0 Å². The van der Waals surface area contributed by atoms with Crippen LogP contribution < -0.4 is 0 Å². The van der Waals surface area contributed by atoms with E-state index in [4.69, 9.17) is 18.9 Å². The minimum Gasteiger partial charge on any atom is -0.475 e. The van der Waals surface area contributed by atoms with Gasteiger partial charge in [-0.3, -0.25) is 0 Å². The Morgan fingerprint density at radius 3 is 0.900 bits per heavy atom. The standard InChI is InChI=1S/C22H26N4O4/c1-11-7-27-19(23-11)15-5-17(21-25-13(3)9-29-21)18(22-26-14(4)10-30-22)6-16(15)20-24-12(2)8-28-20/h5-6,11-14H,7-10H2,1-4H3. The fourth-order valence-electron chi connectivity index (χ4n) is 3.79. The summed E-state index contributed by atoms with van der Waals surface area (Å²) in [6.45, 7) is 10.3. The second-order valence-corrected chi connectivity index (χ2v) is 8.32. The summed E-state index contributed by atoms with van der Waals surface area (Å²) in [7, 11) is 0. The smallest absolute Gasteiger partial charge is 0.217 e. The lowest BCUT2D eigenvalue weighted by Crippen LogP contribution is -2.18. The van der Waals surface area contributed by atoms with Crippen molar-refractivity contribution in [2.45, 2.75) is 51.9 Å². The summed E-state index contributed by atoms with van der Waals surface area (Å²) < 4.78 is 23.6. The Bertz CT molecular complexity index is 843. The van der Waals surface area contributed by atoms with Crippen LogP contribution in [0.15, 0.2) is 32.1 Å². The third-order valence-electron chi connectivity index (χ3n) is 5.27. The van der Waals surface area contributed by atoms with E-state index < -0.39 is 0 Å². The van der Waals surface area contributed by atoms with Crippen molar-refractivity contribution in [1.29, 1.82) is 0 Å². The predicted octanol–water partition coefficient (Wildman–Crippen LogP) is 2.35. The molecule has 1 aromatic carbocycles. The minimum absolute atomic E-state index is 0.102. The molecular formula is C22H26N4O4. The summed E-state index contributed by atoms with van der Waals surface area (Å²) >= 11 is 0. The molecule has 0 saturated heterocycles. The average Bonchev–Trinajstić information content (AvgIpc) is 3.50.